The number of hydrogen-bond donors (Lipinski definition) is 2. The molecule has 0 radical (unpaired) electrons. The van der Waals surface area contributed by atoms with Crippen molar-refractivity contribution in [3.8, 4) is 5.69 Å². The molecule has 1 atom stereocenters. The lowest BCUT2D eigenvalue weighted by atomic mass is 10.2. The molecule has 7 nitrogen and oxygen atoms in total. The predicted octanol–water partition coefficient (Wildman–Crippen LogP) is 0.681. The molecule has 20 heavy (non-hydrogen) atoms. The summed E-state index contributed by atoms with van der Waals surface area (Å²) in [5.41, 5.74) is 7.32. The van der Waals surface area contributed by atoms with Gasteiger partial charge in [-0.05, 0) is 53.1 Å². The fourth-order valence-electron chi connectivity index (χ4n) is 1.59. The standard InChI is InChI=1S/C12H16N6OS/c1-20-7-6-11(13)12(19)15-9-2-4-10(5-3-9)18-8-14-16-17-18/h2-5,8,11H,6-7,13H2,1H3,(H,15,19)/t11-/m1/s1. The summed E-state index contributed by atoms with van der Waals surface area (Å²) in [6.07, 6.45) is 4.16. The minimum absolute atomic E-state index is 0.172. The molecule has 1 aromatic heterocycles. The van der Waals surface area contributed by atoms with E-state index in [0.717, 1.165) is 11.4 Å². The molecule has 8 heteroatoms. The highest BCUT2D eigenvalue weighted by Crippen LogP contribution is 2.12. The third-order valence-electron chi connectivity index (χ3n) is 2.72. The van der Waals surface area contributed by atoms with Crippen LogP contribution >= 0.6 is 11.8 Å². The van der Waals surface area contributed by atoms with E-state index in [0.29, 0.717) is 12.1 Å². The fraction of sp³-hybridized carbons (Fsp3) is 0.333. The van der Waals surface area contributed by atoms with Crippen LogP contribution in [0.1, 0.15) is 6.42 Å². The molecule has 0 fully saturated rings. The topological polar surface area (TPSA) is 98.7 Å². The number of aromatic nitrogens is 4. The highest BCUT2D eigenvalue weighted by molar-refractivity contribution is 7.98. The molecule has 1 heterocycles. The van der Waals surface area contributed by atoms with E-state index in [-0.39, 0.29) is 5.91 Å². The Bertz CT molecular complexity index is 542. The van der Waals surface area contributed by atoms with Crippen molar-refractivity contribution in [2.24, 2.45) is 5.73 Å². The van der Waals surface area contributed by atoms with Crippen LogP contribution in [0, 0.1) is 0 Å². The first kappa shape index (κ1) is 14.5. The third-order valence-corrected chi connectivity index (χ3v) is 3.36. The van der Waals surface area contributed by atoms with E-state index < -0.39 is 6.04 Å². The second-order valence-electron chi connectivity index (χ2n) is 4.18. The van der Waals surface area contributed by atoms with Crippen LogP contribution in [-0.2, 0) is 4.79 Å². The average molecular weight is 292 g/mol. The van der Waals surface area contributed by atoms with Gasteiger partial charge in [-0.3, -0.25) is 4.79 Å². The Hall–Kier alpha value is -1.93. The van der Waals surface area contributed by atoms with Gasteiger partial charge in [0.05, 0.1) is 11.7 Å². The number of carbonyl (C=O) groups is 1. The third kappa shape index (κ3) is 3.78. The molecule has 2 rings (SSSR count). The van der Waals surface area contributed by atoms with Gasteiger partial charge in [0.2, 0.25) is 5.91 Å². The van der Waals surface area contributed by atoms with Gasteiger partial charge in [0, 0.05) is 5.69 Å². The molecule has 0 aliphatic rings. The fourth-order valence-corrected chi connectivity index (χ4v) is 2.08. The van der Waals surface area contributed by atoms with E-state index in [1.54, 1.807) is 23.9 Å². The lowest BCUT2D eigenvalue weighted by Gasteiger charge is -2.11. The molecular weight excluding hydrogens is 276 g/mol. The van der Waals surface area contributed by atoms with E-state index in [2.05, 4.69) is 20.8 Å². The Labute approximate surface area is 120 Å². The van der Waals surface area contributed by atoms with Gasteiger partial charge in [-0.25, -0.2) is 4.68 Å². The number of nitrogens with one attached hydrogen (secondary N) is 1. The van der Waals surface area contributed by atoms with E-state index in [4.69, 9.17) is 5.73 Å². The van der Waals surface area contributed by atoms with Crippen molar-refractivity contribution in [1.29, 1.82) is 0 Å². The first-order chi connectivity index (χ1) is 9.70. The van der Waals surface area contributed by atoms with Crippen LogP contribution in [0.3, 0.4) is 0 Å². The Morgan fingerprint density at radius 3 is 2.80 bits per heavy atom. The van der Waals surface area contributed by atoms with Gasteiger partial charge in [0.25, 0.3) is 0 Å². The van der Waals surface area contributed by atoms with Gasteiger partial charge in [0.15, 0.2) is 0 Å². The van der Waals surface area contributed by atoms with Crippen LogP contribution in [0.15, 0.2) is 30.6 Å². The quantitative estimate of drug-likeness (QED) is 0.812. The van der Waals surface area contributed by atoms with Gasteiger partial charge in [-0.15, -0.1) is 5.10 Å². The number of carbonyl (C=O) groups excluding carboxylic acids is 1. The molecule has 0 spiro atoms. The minimum atomic E-state index is -0.485. The summed E-state index contributed by atoms with van der Waals surface area (Å²) in [4.78, 5) is 11.8. The summed E-state index contributed by atoms with van der Waals surface area (Å²) in [6.45, 7) is 0. The largest absolute Gasteiger partial charge is 0.325 e. The maximum atomic E-state index is 11.8. The second kappa shape index (κ2) is 7.01. The van der Waals surface area contributed by atoms with Crippen LogP contribution in [0.4, 0.5) is 5.69 Å². The molecule has 1 amide bonds. The molecule has 0 bridgehead atoms. The maximum absolute atomic E-state index is 11.8. The summed E-state index contributed by atoms with van der Waals surface area (Å²) in [6, 6.07) is 6.73. The minimum Gasteiger partial charge on any atom is -0.325 e. The van der Waals surface area contributed by atoms with Crippen LogP contribution in [0.5, 0.6) is 0 Å². The van der Waals surface area contributed by atoms with Crippen LogP contribution in [0.2, 0.25) is 0 Å². The first-order valence-corrected chi connectivity index (χ1v) is 7.49. The second-order valence-corrected chi connectivity index (χ2v) is 5.16. The summed E-state index contributed by atoms with van der Waals surface area (Å²) in [5, 5.41) is 13.7. The summed E-state index contributed by atoms with van der Waals surface area (Å²) < 4.78 is 1.54. The molecular formula is C12H16N6OS. The van der Waals surface area contributed by atoms with Crippen LogP contribution < -0.4 is 11.1 Å². The van der Waals surface area contributed by atoms with Crippen molar-refractivity contribution in [3.05, 3.63) is 30.6 Å². The summed E-state index contributed by atoms with van der Waals surface area (Å²) >= 11 is 1.67. The maximum Gasteiger partial charge on any atom is 0.241 e. The molecule has 0 unspecified atom stereocenters. The van der Waals surface area contributed by atoms with Crippen molar-refractivity contribution in [2.45, 2.75) is 12.5 Å². The molecule has 0 saturated carbocycles. The SMILES string of the molecule is CSCC[C@@H](N)C(=O)Nc1ccc(-n2cnnn2)cc1. The lowest BCUT2D eigenvalue weighted by Crippen LogP contribution is -2.36. The lowest BCUT2D eigenvalue weighted by molar-refractivity contribution is -0.117. The Balaban J connectivity index is 1.95. The summed E-state index contributed by atoms with van der Waals surface area (Å²) in [7, 11) is 0. The van der Waals surface area contributed by atoms with Gasteiger partial charge < -0.3 is 11.1 Å². The molecule has 0 saturated heterocycles. The molecule has 3 N–H and O–H groups in total. The first-order valence-electron chi connectivity index (χ1n) is 6.09. The molecule has 0 aliphatic carbocycles. The highest BCUT2D eigenvalue weighted by atomic mass is 32.2. The molecule has 0 aliphatic heterocycles. The van der Waals surface area contributed by atoms with Crippen LogP contribution in [-0.4, -0.2) is 44.2 Å². The summed E-state index contributed by atoms with van der Waals surface area (Å²) in [5.74, 6) is 0.696. The van der Waals surface area contributed by atoms with Gasteiger partial charge in [-0.1, -0.05) is 0 Å². The van der Waals surface area contributed by atoms with E-state index in [1.165, 1.54) is 11.0 Å². The van der Waals surface area contributed by atoms with E-state index in [1.807, 2.05) is 18.4 Å². The number of nitrogens with two attached hydrogens (primary N) is 1. The van der Waals surface area contributed by atoms with Crippen molar-refractivity contribution >= 4 is 23.4 Å². The average Bonchev–Trinajstić information content (AvgIpc) is 2.99. The number of amides is 1. The van der Waals surface area contributed by atoms with E-state index >= 15 is 0 Å². The Kier molecular flexibility index (Phi) is 5.08. The van der Waals surface area contributed by atoms with Crippen molar-refractivity contribution < 1.29 is 4.79 Å². The highest BCUT2D eigenvalue weighted by Gasteiger charge is 2.12. The zero-order chi connectivity index (χ0) is 14.4. The zero-order valence-corrected chi connectivity index (χ0v) is 11.9. The Morgan fingerprint density at radius 2 is 2.20 bits per heavy atom. The number of nitrogens with zero attached hydrogens (tertiary/aromatic N) is 4. The van der Waals surface area contributed by atoms with Crippen molar-refractivity contribution in [3.63, 3.8) is 0 Å². The number of hydrogen-bond acceptors (Lipinski definition) is 6. The van der Waals surface area contributed by atoms with Gasteiger partial charge >= 0.3 is 0 Å². The smallest absolute Gasteiger partial charge is 0.241 e. The number of tetrazole rings is 1. The Morgan fingerprint density at radius 1 is 1.45 bits per heavy atom. The number of benzene rings is 1. The van der Waals surface area contributed by atoms with Gasteiger partial charge in [-0.2, -0.15) is 11.8 Å². The monoisotopic (exact) mass is 292 g/mol. The van der Waals surface area contributed by atoms with Crippen molar-refractivity contribution in [2.75, 3.05) is 17.3 Å². The molecule has 2 aromatic rings. The molecule has 106 valence electrons. The number of rotatable bonds is 6. The molecule has 1 aromatic carbocycles. The number of anilines is 1. The number of thioether (sulfide) groups is 1. The van der Waals surface area contributed by atoms with E-state index in [9.17, 15) is 4.79 Å². The van der Waals surface area contributed by atoms with Crippen LogP contribution in [0.25, 0.3) is 5.69 Å². The predicted molar refractivity (Wildman–Crippen MR) is 78.8 cm³/mol. The van der Waals surface area contributed by atoms with Crippen molar-refractivity contribution in [1.82, 2.24) is 20.2 Å². The normalized spacial score (nSPS) is 12.1. The zero-order valence-electron chi connectivity index (χ0n) is 11.1. The van der Waals surface area contributed by atoms with Gasteiger partial charge in [0.1, 0.15) is 6.33 Å².